The third-order valence-corrected chi connectivity index (χ3v) is 7.20. The zero-order chi connectivity index (χ0) is 24.1. The van der Waals surface area contributed by atoms with Crippen LogP contribution in [0.15, 0.2) is 23.8 Å². The number of ether oxygens (including phenoxy) is 1. The molecule has 0 heterocycles. The molecule has 0 aliphatic heterocycles. The number of allylic oxidation sites excluding steroid dienone is 3. The molecule has 0 saturated heterocycles. The standard InChI is InChI=1S/C25H41NO6/c1-6-25(4,5)24(30)31-21-12-15(2)11-17-8-7-16(3)20(23(17)21)10-9-18(27)13-19(28)14-22(29)32-26/h7-8,11,15-16,18-21,23,27-28H,6,9-10,12-14,26H2,1-5H3/t15-,16-,18-,19+,20-,21-,23+/m0/s1. The molecule has 7 heteroatoms. The van der Waals surface area contributed by atoms with Crippen LogP contribution in [0.4, 0.5) is 0 Å². The maximum atomic E-state index is 12.9. The molecule has 2 aliphatic rings. The molecule has 0 amide bonds. The lowest BCUT2D eigenvalue weighted by atomic mass is 9.65. The van der Waals surface area contributed by atoms with Gasteiger partial charge in [0.05, 0.1) is 24.0 Å². The minimum atomic E-state index is -0.999. The van der Waals surface area contributed by atoms with Crippen molar-refractivity contribution in [2.75, 3.05) is 0 Å². The quantitative estimate of drug-likeness (QED) is 0.344. The van der Waals surface area contributed by atoms with E-state index in [9.17, 15) is 19.8 Å². The van der Waals surface area contributed by atoms with Crippen LogP contribution < -0.4 is 5.90 Å². The second kappa shape index (κ2) is 11.4. The van der Waals surface area contributed by atoms with Gasteiger partial charge in [0, 0.05) is 5.92 Å². The van der Waals surface area contributed by atoms with E-state index in [1.165, 1.54) is 5.57 Å². The number of carbonyl (C=O) groups excluding carboxylic acids is 2. The monoisotopic (exact) mass is 451 g/mol. The SMILES string of the molecule is CCC(C)(C)C(=O)O[C@H]1C[C@@H](C)C=C2C=C[C@H](C)[C@H](CC[C@H](O)C[C@@H](O)CC(=O)ON)[C@@H]21. The zero-order valence-corrected chi connectivity index (χ0v) is 20.1. The van der Waals surface area contributed by atoms with Crippen LogP contribution in [0.1, 0.15) is 73.1 Å². The minimum absolute atomic E-state index is 0.0829. The Morgan fingerprint density at radius 1 is 1.25 bits per heavy atom. The lowest BCUT2D eigenvalue weighted by Crippen LogP contribution is -2.43. The topological polar surface area (TPSA) is 119 Å². The third-order valence-electron chi connectivity index (χ3n) is 7.20. The van der Waals surface area contributed by atoms with Gasteiger partial charge in [-0.15, -0.1) is 0 Å². The highest BCUT2D eigenvalue weighted by molar-refractivity contribution is 5.76. The normalized spacial score (nSPS) is 29.5. The predicted octanol–water partition coefficient (Wildman–Crippen LogP) is 3.44. The molecule has 0 saturated carbocycles. The molecule has 0 bridgehead atoms. The Morgan fingerprint density at radius 3 is 2.56 bits per heavy atom. The molecule has 0 aromatic heterocycles. The van der Waals surface area contributed by atoms with E-state index in [4.69, 9.17) is 10.6 Å². The van der Waals surface area contributed by atoms with Gasteiger partial charge in [0.15, 0.2) is 0 Å². The van der Waals surface area contributed by atoms with Crippen molar-refractivity contribution in [2.45, 2.75) is 91.5 Å². The first-order chi connectivity index (χ1) is 15.0. The first-order valence-corrected chi connectivity index (χ1v) is 11.8. The lowest BCUT2D eigenvalue weighted by molar-refractivity contribution is -0.164. The average Bonchev–Trinajstić information content (AvgIpc) is 2.72. The summed E-state index contributed by atoms with van der Waals surface area (Å²) in [5.41, 5.74) is 0.687. The molecule has 0 radical (unpaired) electrons. The first-order valence-electron chi connectivity index (χ1n) is 11.8. The number of rotatable bonds is 10. The highest BCUT2D eigenvalue weighted by atomic mass is 16.7. The van der Waals surface area contributed by atoms with E-state index in [1.807, 2.05) is 20.8 Å². The number of aliphatic hydroxyl groups is 2. The fourth-order valence-corrected chi connectivity index (χ4v) is 4.80. The Bertz CT molecular complexity index is 715. The molecule has 0 fully saturated rings. The molecular weight excluding hydrogens is 410 g/mol. The molecule has 4 N–H and O–H groups in total. The lowest BCUT2D eigenvalue weighted by Gasteiger charge is -2.44. The summed E-state index contributed by atoms with van der Waals surface area (Å²) in [6.45, 7) is 10.1. The molecule has 0 aromatic carbocycles. The van der Waals surface area contributed by atoms with Gasteiger partial charge in [-0.05, 0) is 69.3 Å². The van der Waals surface area contributed by atoms with Gasteiger partial charge in [-0.1, -0.05) is 39.0 Å². The molecule has 0 aromatic rings. The van der Waals surface area contributed by atoms with E-state index in [0.717, 1.165) is 12.8 Å². The van der Waals surface area contributed by atoms with Crippen LogP contribution in [-0.2, 0) is 19.2 Å². The van der Waals surface area contributed by atoms with Crippen molar-refractivity contribution < 1.29 is 29.4 Å². The predicted molar refractivity (Wildman–Crippen MR) is 122 cm³/mol. The van der Waals surface area contributed by atoms with Crippen molar-refractivity contribution in [3.05, 3.63) is 23.8 Å². The zero-order valence-electron chi connectivity index (χ0n) is 20.1. The fraction of sp³-hybridized carbons (Fsp3) is 0.760. The van der Waals surface area contributed by atoms with E-state index in [-0.39, 0.29) is 42.7 Å². The van der Waals surface area contributed by atoms with Gasteiger partial charge >= 0.3 is 11.9 Å². The molecular formula is C25H41NO6. The van der Waals surface area contributed by atoms with Crippen LogP contribution in [-0.4, -0.2) is 40.5 Å². The van der Waals surface area contributed by atoms with E-state index >= 15 is 0 Å². The Hall–Kier alpha value is -1.70. The number of fused-ring (bicyclic) bond motifs is 1. The van der Waals surface area contributed by atoms with E-state index in [1.54, 1.807) is 0 Å². The Morgan fingerprint density at radius 2 is 1.94 bits per heavy atom. The van der Waals surface area contributed by atoms with Crippen LogP contribution in [0.2, 0.25) is 0 Å². The Kier molecular flexibility index (Phi) is 9.49. The van der Waals surface area contributed by atoms with Gasteiger partial charge in [-0.2, -0.15) is 5.90 Å². The summed E-state index contributed by atoms with van der Waals surface area (Å²) in [5.74, 6) is 4.84. The number of esters is 1. The molecule has 0 spiro atoms. The van der Waals surface area contributed by atoms with Crippen molar-refractivity contribution in [3.63, 3.8) is 0 Å². The van der Waals surface area contributed by atoms with E-state index < -0.39 is 23.6 Å². The van der Waals surface area contributed by atoms with Gasteiger partial charge < -0.3 is 19.8 Å². The van der Waals surface area contributed by atoms with Crippen molar-refractivity contribution in [1.82, 2.24) is 0 Å². The fourth-order valence-electron chi connectivity index (χ4n) is 4.80. The van der Waals surface area contributed by atoms with Crippen LogP contribution in [0.25, 0.3) is 0 Å². The van der Waals surface area contributed by atoms with Crippen molar-refractivity contribution >= 4 is 11.9 Å². The van der Waals surface area contributed by atoms with Crippen LogP contribution in [0, 0.1) is 29.1 Å². The first kappa shape index (κ1) is 26.6. The third kappa shape index (κ3) is 6.90. The summed E-state index contributed by atoms with van der Waals surface area (Å²) in [4.78, 5) is 28.1. The number of aliphatic hydroxyl groups excluding tert-OH is 2. The summed E-state index contributed by atoms with van der Waals surface area (Å²) in [6, 6.07) is 0. The second-order valence-electron chi connectivity index (χ2n) is 10.3. The van der Waals surface area contributed by atoms with Gasteiger partial charge in [0.2, 0.25) is 0 Å². The molecule has 182 valence electrons. The number of nitrogens with two attached hydrogens (primary N) is 1. The maximum absolute atomic E-state index is 12.9. The molecule has 7 nitrogen and oxygen atoms in total. The van der Waals surface area contributed by atoms with Gasteiger partial charge in [-0.25, -0.2) is 0 Å². The minimum Gasteiger partial charge on any atom is -0.461 e. The molecule has 7 atom stereocenters. The van der Waals surface area contributed by atoms with Crippen LogP contribution >= 0.6 is 0 Å². The van der Waals surface area contributed by atoms with Gasteiger partial charge in [-0.3, -0.25) is 9.59 Å². The maximum Gasteiger partial charge on any atom is 0.327 e. The summed E-state index contributed by atoms with van der Waals surface area (Å²) < 4.78 is 6.11. The smallest absolute Gasteiger partial charge is 0.327 e. The van der Waals surface area contributed by atoms with Crippen LogP contribution in [0.5, 0.6) is 0 Å². The van der Waals surface area contributed by atoms with Crippen molar-refractivity contribution in [3.8, 4) is 0 Å². The Labute approximate surface area is 192 Å². The molecule has 2 rings (SSSR count). The van der Waals surface area contributed by atoms with Crippen molar-refractivity contribution in [2.24, 2.45) is 35.0 Å². The highest BCUT2D eigenvalue weighted by Gasteiger charge is 2.42. The van der Waals surface area contributed by atoms with Crippen LogP contribution in [0.3, 0.4) is 0 Å². The summed E-state index contributed by atoms with van der Waals surface area (Å²) >= 11 is 0. The van der Waals surface area contributed by atoms with Gasteiger partial charge in [0.25, 0.3) is 0 Å². The summed E-state index contributed by atoms with van der Waals surface area (Å²) in [6.07, 6.45) is 7.24. The average molecular weight is 452 g/mol. The molecule has 2 aliphatic carbocycles. The Balaban J connectivity index is 2.10. The largest absolute Gasteiger partial charge is 0.461 e. The number of carbonyl (C=O) groups is 2. The van der Waals surface area contributed by atoms with Gasteiger partial charge in [0.1, 0.15) is 6.10 Å². The number of hydrogen-bond donors (Lipinski definition) is 3. The molecule has 0 unspecified atom stereocenters. The van der Waals surface area contributed by atoms with E-state index in [0.29, 0.717) is 18.8 Å². The van der Waals surface area contributed by atoms with E-state index in [2.05, 4.69) is 36.9 Å². The number of hydrogen-bond acceptors (Lipinski definition) is 7. The van der Waals surface area contributed by atoms with Crippen molar-refractivity contribution in [1.29, 1.82) is 0 Å². The second-order valence-corrected chi connectivity index (χ2v) is 10.3. The molecule has 32 heavy (non-hydrogen) atoms. The summed E-state index contributed by atoms with van der Waals surface area (Å²) in [7, 11) is 0. The summed E-state index contributed by atoms with van der Waals surface area (Å²) in [5, 5.41) is 20.4. The highest BCUT2D eigenvalue weighted by Crippen LogP contribution is 2.45.